The number of anilines is 1. The average molecular weight is 550 g/mol. The number of aliphatic imine (C=N–C) groups is 1. The summed E-state index contributed by atoms with van der Waals surface area (Å²) in [6.45, 7) is 10.7. The fraction of sp³-hybridized carbons (Fsp3) is 0.480. The van der Waals surface area contributed by atoms with Crippen molar-refractivity contribution in [3.8, 4) is 5.75 Å². The van der Waals surface area contributed by atoms with Crippen molar-refractivity contribution >= 4 is 35.6 Å². The Bertz CT molecular complexity index is 859. The SMILES string of the molecule is CCNC(=NCc1ccc(CN2CCCC2)cc1)N1CCN(c2ccccc2O)CC1.I. The van der Waals surface area contributed by atoms with E-state index in [1.54, 1.807) is 6.07 Å². The van der Waals surface area contributed by atoms with Crippen LogP contribution in [0.2, 0.25) is 0 Å². The van der Waals surface area contributed by atoms with Gasteiger partial charge in [-0.05, 0) is 56.1 Å². The standard InChI is InChI=1S/C25H35N5O.HI/c1-2-26-25(30-17-15-29(16-18-30)23-7-3-4-8-24(23)31)27-19-21-9-11-22(12-10-21)20-28-13-5-6-14-28;/h3-4,7-12,31H,2,5-6,13-20H2,1H3,(H,26,27);1H. The molecule has 7 heteroatoms. The van der Waals surface area contributed by atoms with Gasteiger partial charge in [0.25, 0.3) is 0 Å². The molecular weight excluding hydrogens is 513 g/mol. The maximum atomic E-state index is 10.1. The maximum Gasteiger partial charge on any atom is 0.194 e. The molecule has 0 radical (unpaired) electrons. The summed E-state index contributed by atoms with van der Waals surface area (Å²) in [6, 6.07) is 16.5. The van der Waals surface area contributed by atoms with Crippen molar-refractivity contribution in [3.05, 3.63) is 59.7 Å². The number of hydrogen-bond donors (Lipinski definition) is 2. The Balaban J connectivity index is 0.00000289. The van der Waals surface area contributed by atoms with Gasteiger partial charge in [-0.2, -0.15) is 0 Å². The third-order valence-electron chi connectivity index (χ3n) is 6.18. The van der Waals surface area contributed by atoms with Crippen LogP contribution in [0, 0.1) is 0 Å². The summed E-state index contributed by atoms with van der Waals surface area (Å²) in [5, 5.41) is 13.6. The molecule has 2 N–H and O–H groups in total. The van der Waals surface area contributed by atoms with Crippen LogP contribution < -0.4 is 10.2 Å². The number of halogens is 1. The van der Waals surface area contributed by atoms with Crippen molar-refractivity contribution in [2.45, 2.75) is 32.9 Å². The highest BCUT2D eigenvalue weighted by atomic mass is 127. The fourth-order valence-electron chi connectivity index (χ4n) is 4.43. The smallest absolute Gasteiger partial charge is 0.194 e. The van der Waals surface area contributed by atoms with Gasteiger partial charge in [-0.1, -0.05) is 36.4 Å². The molecule has 0 saturated carbocycles. The number of hydrogen-bond acceptors (Lipinski definition) is 4. The molecule has 4 rings (SSSR count). The summed E-state index contributed by atoms with van der Waals surface area (Å²) < 4.78 is 0. The zero-order valence-corrected chi connectivity index (χ0v) is 21.4. The monoisotopic (exact) mass is 549 g/mol. The van der Waals surface area contributed by atoms with Gasteiger partial charge in [-0.25, -0.2) is 4.99 Å². The molecule has 0 atom stereocenters. The van der Waals surface area contributed by atoms with Gasteiger partial charge < -0.3 is 20.2 Å². The molecular formula is C25H36IN5O. The molecule has 2 fully saturated rings. The molecule has 2 aliphatic heterocycles. The number of piperazine rings is 1. The second-order valence-corrected chi connectivity index (χ2v) is 8.43. The summed E-state index contributed by atoms with van der Waals surface area (Å²) in [5.41, 5.74) is 3.55. The second-order valence-electron chi connectivity index (χ2n) is 8.43. The number of para-hydroxylation sites is 2. The minimum Gasteiger partial charge on any atom is -0.506 e. The third kappa shape index (κ3) is 6.51. The number of rotatable bonds is 6. The van der Waals surface area contributed by atoms with E-state index >= 15 is 0 Å². The molecule has 2 aliphatic rings. The first kappa shape index (κ1) is 24.6. The zero-order valence-electron chi connectivity index (χ0n) is 19.0. The number of benzene rings is 2. The summed E-state index contributed by atoms with van der Waals surface area (Å²) in [7, 11) is 0. The number of phenols is 1. The van der Waals surface area contributed by atoms with Crippen molar-refractivity contribution < 1.29 is 5.11 Å². The molecule has 174 valence electrons. The normalized spacial score (nSPS) is 17.3. The first-order chi connectivity index (χ1) is 15.2. The highest BCUT2D eigenvalue weighted by molar-refractivity contribution is 14.0. The minimum absolute atomic E-state index is 0. The van der Waals surface area contributed by atoms with Crippen molar-refractivity contribution in [1.29, 1.82) is 0 Å². The number of nitrogens with zero attached hydrogens (tertiary/aromatic N) is 4. The molecule has 0 aliphatic carbocycles. The lowest BCUT2D eigenvalue weighted by Crippen LogP contribution is -2.52. The lowest BCUT2D eigenvalue weighted by atomic mass is 10.1. The summed E-state index contributed by atoms with van der Waals surface area (Å²) >= 11 is 0. The van der Waals surface area contributed by atoms with Crippen LogP contribution in [0.4, 0.5) is 5.69 Å². The quantitative estimate of drug-likeness (QED) is 0.326. The highest BCUT2D eigenvalue weighted by Gasteiger charge is 2.21. The summed E-state index contributed by atoms with van der Waals surface area (Å²) in [4.78, 5) is 12.0. The summed E-state index contributed by atoms with van der Waals surface area (Å²) in [6.07, 6.45) is 2.67. The van der Waals surface area contributed by atoms with Gasteiger partial charge in [0.1, 0.15) is 5.75 Å². The first-order valence-corrected chi connectivity index (χ1v) is 11.6. The van der Waals surface area contributed by atoms with E-state index in [0.717, 1.165) is 50.9 Å². The van der Waals surface area contributed by atoms with Gasteiger partial charge in [0.15, 0.2) is 5.96 Å². The number of aromatic hydroxyl groups is 1. The van der Waals surface area contributed by atoms with Gasteiger partial charge in [0.05, 0.1) is 12.2 Å². The van der Waals surface area contributed by atoms with Crippen LogP contribution in [-0.2, 0) is 13.1 Å². The van der Waals surface area contributed by atoms with Crippen molar-refractivity contribution in [3.63, 3.8) is 0 Å². The molecule has 0 bridgehead atoms. The van der Waals surface area contributed by atoms with Crippen molar-refractivity contribution in [2.24, 2.45) is 4.99 Å². The predicted octanol–water partition coefficient (Wildman–Crippen LogP) is 3.89. The zero-order chi connectivity index (χ0) is 21.5. The molecule has 0 aromatic heterocycles. The molecule has 0 unspecified atom stereocenters. The molecule has 2 aromatic carbocycles. The van der Waals surface area contributed by atoms with Crippen LogP contribution >= 0.6 is 24.0 Å². The number of likely N-dealkylation sites (tertiary alicyclic amines) is 1. The lowest BCUT2D eigenvalue weighted by molar-refractivity contribution is 0.331. The largest absolute Gasteiger partial charge is 0.506 e. The number of guanidine groups is 1. The summed E-state index contributed by atoms with van der Waals surface area (Å²) in [5.74, 6) is 1.32. The molecule has 0 spiro atoms. The molecule has 6 nitrogen and oxygen atoms in total. The Morgan fingerprint density at radius 1 is 0.906 bits per heavy atom. The predicted molar refractivity (Wildman–Crippen MR) is 143 cm³/mol. The van der Waals surface area contributed by atoms with E-state index in [1.165, 1.54) is 37.1 Å². The Kier molecular flexibility index (Phi) is 9.47. The van der Waals surface area contributed by atoms with Crippen molar-refractivity contribution in [2.75, 3.05) is 50.7 Å². The Hall–Kier alpha value is -2.00. The third-order valence-corrected chi connectivity index (χ3v) is 6.18. The van der Waals surface area contributed by atoms with E-state index in [4.69, 9.17) is 4.99 Å². The van der Waals surface area contributed by atoms with Crippen LogP contribution in [0.25, 0.3) is 0 Å². The second kappa shape index (κ2) is 12.3. The Morgan fingerprint density at radius 3 is 2.22 bits per heavy atom. The van der Waals surface area contributed by atoms with E-state index in [-0.39, 0.29) is 24.0 Å². The van der Waals surface area contributed by atoms with E-state index in [9.17, 15) is 5.11 Å². The number of nitrogens with one attached hydrogen (secondary N) is 1. The van der Waals surface area contributed by atoms with Crippen LogP contribution in [0.5, 0.6) is 5.75 Å². The van der Waals surface area contributed by atoms with Gasteiger partial charge in [0, 0.05) is 39.3 Å². The molecule has 2 aromatic rings. The van der Waals surface area contributed by atoms with Gasteiger partial charge in [-0.3, -0.25) is 4.90 Å². The highest BCUT2D eigenvalue weighted by Crippen LogP contribution is 2.27. The Morgan fingerprint density at radius 2 is 1.56 bits per heavy atom. The number of phenolic OH excluding ortho intramolecular Hbond substituents is 1. The Labute approximate surface area is 209 Å². The molecule has 0 amide bonds. The molecule has 32 heavy (non-hydrogen) atoms. The van der Waals surface area contributed by atoms with E-state index < -0.39 is 0 Å². The van der Waals surface area contributed by atoms with Crippen LogP contribution in [0.3, 0.4) is 0 Å². The van der Waals surface area contributed by atoms with E-state index in [2.05, 4.69) is 51.2 Å². The fourth-order valence-corrected chi connectivity index (χ4v) is 4.43. The lowest BCUT2D eigenvalue weighted by Gasteiger charge is -2.37. The maximum absolute atomic E-state index is 10.1. The van der Waals surface area contributed by atoms with E-state index in [0.29, 0.717) is 12.3 Å². The van der Waals surface area contributed by atoms with Gasteiger partial charge in [-0.15, -0.1) is 24.0 Å². The van der Waals surface area contributed by atoms with Crippen LogP contribution in [0.1, 0.15) is 30.9 Å². The van der Waals surface area contributed by atoms with E-state index in [1.807, 2.05) is 18.2 Å². The van der Waals surface area contributed by atoms with Crippen LogP contribution in [-0.4, -0.2) is 66.7 Å². The van der Waals surface area contributed by atoms with Crippen LogP contribution in [0.15, 0.2) is 53.5 Å². The molecule has 2 saturated heterocycles. The molecule has 2 heterocycles. The first-order valence-electron chi connectivity index (χ1n) is 11.6. The topological polar surface area (TPSA) is 54.3 Å². The minimum atomic E-state index is 0. The van der Waals surface area contributed by atoms with Gasteiger partial charge in [0.2, 0.25) is 0 Å². The van der Waals surface area contributed by atoms with Gasteiger partial charge >= 0.3 is 0 Å². The van der Waals surface area contributed by atoms with Crippen molar-refractivity contribution in [1.82, 2.24) is 15.1 Å². The average Bonchev–Trinajstić information content (AvgIpc) is 3.31.